The van der Waals surface area contributed by atoms with Gasteiger partial charge < -0.3 is 4.90 Å². The highest BCUT2D eigenvalue weighted by Gasteiger charge is 2.52. The number of amides is 3. The number of hydrogen-bond acceptors (Lipinski definition) is 6. The molecule has 144 valence electrons. The first-order valence-electron chi connectivity index (χ1n) is 9.40. The Kier molecular flexibility index (Phi) is 4.47. The molecule has 0 N–H and O–H groups in total. The van der Waals surface area contributed by atoms with Gasteiger partial charge in [0, 0.05) is 13.1 Å². The maximum absolute atomic E-state index is 12.6. The highest BCUT2D eigenvalue weighted by Crippen LogP contribution is 2.37. The van der Waals surface area contributed by atoms with E-state index in [0.29, 0.717) is 31.7 Å². The van der Waals surface area contributed by atoms with Gasteiger partial charge in [-0.25, -0.2) is 4.98 Å². The van der Waals surface area contributed by atoms with E-state index < -0.39 is 0 Å². The molecule has 2 fully saturated rings. The lowest BCUT2D eigenvalue weighted by molar-refractivity contribution is -0.151. The number of thioether (sulfide) groups is 1. The molecule has 8 heteroatoms. The van der Waals surface area contributed by atoms with Crippen LogP contribution < -0.4 is 0 Å². The molecule has 2 aromatic rings. The number of imide groups is 1. The second kappa shape index (κ2) is 7.00. The van der Waals surface area contributed by atoms with E-state index in [4.69, 9.17) is 0 Å². The monoisotopic (exact) mass is 413 g/mol. The molecule has 0 saturated carbocycles. The number of likely N-dealkylation sites (tertiary alicyclic amines) is 2. The average molecular weight is 414 g/mol. The number of rotatable bonds is 4. The van der Waals surface area contributed by atoms with Gasteiger partial charge in [-0.2, -0.15) is 0 Å². The molecular weight excluding hydrogens is 394 g/mol. The molecule has 0 radical (unpaired) electrons. The van der Waals surface area contributed by atoms with Crippen LogP contribution in [-0.2, 0) is 14.4 Å². The Hall–Kier alpha value is -2.19. The van der Waals surface area contributed by atoms with Crippen molar-refractivity contribution in [3.63, 3.8) is 0 Å². The minimum absolute atomic E-state index is 0.0266. The number of para-hydroxylation sites is 1. The maximum Gasteiger partial charge on any atom is 0.233 e. The topological polar surface area (TPSA) is 70.6 Å². The molecule has 5 rings (SSSR count). The predicted molar refractivity (Wildman–Crippen MR) is 108 cm³/mol. The first-order chi connectivity index (χ1) is 13.6. The Morgan fingerprint density at radius 2 is 1.79 bits per heavy atom. The first kappa shape index (κ1) is 17.9. The van der Waals surface area contributed by atoms with E-state index in [0.717, 1.165) is 14.6 Å². The van der Waals surface area contributed by atoms with Crippen molar-refractivity contribution in [3.05, 3.63) is 36.4 Å². The number of carbonyl (C=O) groups excluding carboxylic acids is 3. The van der Waals surface area contributed by atoms with Gasteiger partial charge in [-0.15, -0.1) is 11.3 Å². The van der Waals surface area contributed by atoms with Crippen LogP contribution in [0.5, 0.6) is 0 Å². The number of thiazole rings is 1. The number of nitrogens with zero attached hydrogens (tertiary/aromatic N) is 3. The number of aromatic nitrogens is 1. The van der Waals surface area contributed by atoms with Crippen molar-refractivity contribution in [1.29, 1.82) is 0 Å². The van der Waals surface area contributed by atoms with Crippen molar-refractivity contribution >= 4 is 51.0 Å². The van der Waals surface area contributed by atoms with Crippen LogP contribution >= 0.6 is 23.1 Å². The minimum atomic E-state index is -0.197. The van der Waals surface area contributed by atoms with Crippen LogP contribution in [0.4, 0.5) is 0 Å². The van der Waals surface area contributed by atoms with Gasteiger partial charge in [0.25, 0.3) is 0 Å². The van der Waals surface area contributed by atoms with Crippen LogP contribution in [0.25, 0.3) is 10.2 Å². The molecule has 2 aliphatic heterocycles. The van der Waals surface area contributed by atoms with Gasteiger partial charge in [0.15, 0.2) is 4.34 Å². The second-order valence-electron chi connectivity index (χ2n) is 7.39. The smallest absolute Gasteiger partial charge is 0.233 e. The molecule has 0 bridgehead atoms. The van der Waals surface area contributed by atoms with Crippen LogP contribution in [0.15, 0.2) is 40.8 Å². The summed E-state index contributed by atoms with van der Waals surface area (Å²) in [4.78, 5) is 45.4. The summed E-state index contributed by atoms with van der Waals surface area (Å²) in [5.41, 5.74) is 0.952. The Morgan fingerprint density at radius 3 is 2.46 bits per heavy atom. The fourth-order valence-corrected chi connectivity index (χ4v) is 6.11. The minimum Gasteiger partial charge on any atom is -0.338 e. The van der Waals surface area contributed by atoms with E-state index in [2.05, 4.69) is 4.98 Å². The quantitative estimate of drug-likeness (QED) is 0.438. The van der Waals surface area contributed by atoms with Gasteiger partial charge >= 0.3 is 0 Å². The molecule has 1 aromatic carbocycles. The highest BCUT2D eigenvalue weighted by atomic mass is 32.2. The second-order valence-corrected chi connectivity index (χ2v) is 9.64. The molecule has 28 heavy (non-hydrogen) atoms. The molecular formula is C20H19N3O3S2. The fourth-order valence-electron chi connectivity index (χ4n) is 4.14. The molecule has 0 spiro atoms. The molecule has 1 aliphatic carbocycles. The van der Waals surface area contributed by atoms with E-state index in [1.54, 1.807) is 16.2 Å². The standard InChI is InChI=1S/C20H19N3O3S2/c24-17(11-27-20-21-15-7-3-4-8-16(15)28-20)22-9-12(10-22)23-18(25)13-5-1-2-6-14(13)19(23)26/h1-4,7-8,12-14H,5-6,9-11H2/t13-,14+. The third kappa shape index (κ3) is 2.95. The van der Waals surface area contributed by atoms with Crippen molar-refractivity contribution in [3.8, 4) is 0 Å². The summed E-state index contributed by atoms with van der Waals surface area (Å²) in [5, 5.41) is 0. The van der Waals surface area contributed by atoms with Gasteiger partial charge in [0.2, 0.25) is 17.7 Å². The maximum atomic E-state index is 12.6. The van der Waals surface area contributed by atoms with Crippen LogP contribution in [0, 0.1) is 11.8 Å². The normalized spacial score (nSPS) is 24.7. The lowest BCUT2D eigenvalue weighted by Gasteiger charge is -2.43. The Labute approximate surface area is 170 Å². The first-order valence-corrected chi connectivity index (χ1v) is 11.2. The molecule has 0 unspecified atom stereocenters. The summed E-state index contributed by atoms with van der Waals surface area (Å²) in [5.74, 6) is -0.156. The van der Waals surface area contributed by atoms with E-state index in [-0.39, 0.29) is 35.6 Å². The molecule has 3 amide bonds. The van der Waals surface area contributed by atoms with Crippen LogP contribution in [-0.4, -0.2) is 57.4 Å². The fraction of sp³-hybridized carbons (Fsp3) is 0.400. The van der Waals surface area contributed by atoms with Gasteiger partial charge in [-0.05, 0) is 25.0 Å². The number of carbonyl (C=O) groups is 3. The lowest BCUT2D eigenvalue weighted by Crippen LogP contribution is -2.62. The Bertz CT molecular complexity index is 936. The summed E-state index contributed by atoms with van der Waals surface area (Å²) in [7, 11) is 0. The van der Waals surface area contributed by atoms with Crippen molar-refractivity contribution in [1.82, 2.24) is 14.8 Å². The Morgan fingerprint density at radius 1 is 1.11 bits per heavy atom. The van der Waals surface area contributed by atoms with Gasteiger partial charge in [-0.1, -0.05) is 36.0 Å². The van der Waals surface area contributed by atoms with Crippen molar-refractivity contribution in [2.24, 2.45) is 11.8 Å². The summed E-state index contributed by atoms with van der Waals surface area (Å²) in [6.45, 7) is 0.896. The predicted octanol–water partition coefficient (Wildman–Crippen LogP) is 2.55. The van der Waals surface area contributed by atoms with Gasteiger partial charge in [-0.3, -0.25) is 19.3 Å². The average Bonchev–Trinajstić information content (AvgIpc) is 3.20. The van der Waals surface area contributed by atoms with E-state index >= 15 is 0 Å². The largest absolute Gasteiger partial charge is 0.338 e. The Balaban J connectivity index is 1.16. The number of fused-ring (bicyclic) bond motifs is 2. The number of hydrogen-bond donors (Lipinski definition) is 0. The molecule has 1 aromatic heterocycles. The molecule has 3 aliphatic rings. The molecule has 3 heterocycles. The van der Waals surface area contributed by atoms with Gasteiger partial charge in [0.1, 0.15) is 0 Å². The summed E-state index contributed by atoms with van der Waals surface area (Å²) in [6.07, 6.45) is 5.29. The van der Waals surface area contributed by atoms with E-state index in [9.17, 15) is 14.4 Å². The van der Waals surface area contributed by atoms with Crippen LogP contribution in [0.3, 0.4) is 0 Å². The lowest BCUT2D eigenvalue weighted by atomic mass is 9.85. The van der Waals surface area contributed by atoms with Crippen LogP contribution in [0.2, 0.25) is 0 Å². The summed E-state index contributed by atoms with van der Waals surface area (Å²) in [6, 6.07) is 7.76. The van der Waals surface area contributed by atoms with Crippen molar-refractivity contribution < 1.29 is 14.4 Å². The number of allylic oxidation sites excluding steroid dienone is 2. The molecule has 2 atom stereocenters. The van der Waals surface area contributed by atoms with Crippen LogP contribution in [0.1, 0.15) is 12.8 Å². The van der Waals surface area contributed by atoms with E-state index in [1.807, 2.05) is 36.4 Å². The molecule has 2 saturated heterocycles. The SMILES string of the molecule is O=C(CSc1nc2ccccc2s1)N1CC(N2C(=O)[C@H]3CC=CC[C@H]3C2=O)C1. The number of benzene rings is 1. The summed E-state index contributed by atoms with van der Waals surface area (Å²) < 4.78 is 2.00. The zero-order chi connectivity index (χ0) is 19.3. The zero-order valence-corrected chi connectivity index (χ0v) is 16.7. The van der Waals surface area contributed by atoms with E-state index in [1.165, 1.54) is 16.7 Å². The summed E-state index contributed by atoms with van der Waals surface area (Å²) >= 11 is 3.03. The van der Waals surface area contributed by atoms with Gasteiger partial charge in [0.05, 0.1) is 33.8 Å². The highest BCUT2D eigenvalue weighted by molar-refractivity contribution is 8.01. The third-order valence-corrected chi connectivity index (χ3v) is 7.88. The third-order valence-electron chi connectivity index (χ3n) is 5.72. The zero-order valence-electron chi connectivity index (χ0n) is 15.1. The molecule has 6 nitrogen and oxygen atoms in total. The van der Waals surface area contributed by atoms with Crippen molar-refractivity contribution in [2.45, 2.75) is 23.2 Å². The van der Waals surface area contributed by atoms with Crippen molar-refractivity contribution in [2.75, 3.05) is 18.8 Å².